The summed E-state index contributed by atoms with van der Waals surface area (Å²) in [5.74, 6) is 0.0453. The molecule has 0 fully saturated rings. The van der Waals surface area contributed by atoms with Crippen molar-refractivity contribution in [2.75, 3.05) is 12.4 Å². The van der Waals surface area contributed by atoms with Crippen LogP contribution in [-0.4, -0.2) is 18.2 Å². The van der Waals surface area contributed by atoms with Gasteiger partial charge >= 0.3 is 0 Å². The number of para-hydroxylation sites is 1. The minimum absolute atomic E-state index is 0.202. The first-order valence-electron chi connectivity index (χ1n) is 9.06. The van der Waals surface area contributed by atoms with Gasteiger partial charge in [-0.3, -0.25) is 10.1 Å². The van der Waals surface area contributed by atoms with Gasteiger partial charge in [0, 0.05) is 29.7 Å². The fourth-order valence-electron chi connectivity index (χ4n) is 3.12. The molecule has 0 saturated carbocycles. The van der Waals surface area contributed by atoms with Crippen LogP contribution in [-0.2, 0) is 17.8 Å². The Balaban J connectivity index is 1.58. The van der Waals surface area contributed by atoms with E-state index < -0.39 is 5.91 Å². The standard InChI is InChI=1S/C22H20N2O4/c1-3-14-8-10-15(11-9-14)18-12-20(28-24-18)23-22(25)21-17(13-26-2)16-6-4-5-7-19(16)27-21/h4-12H,3,13H2,1-2H3,(H,23,25). The molecule has 6 heteroatoms. The molecule has 2 aromatic heterocycles. The van der Waals surface area contributed by atoms with Crippen molar-refractivity contribution < 1.29 is 18.5 Å². The third kappa shape index (κ3) is 3.42. The van der Waals surface area contributed by atoms with Crippen molar-refractivity contribution in [3.8, 4) is 11.3 Å². The normalized spacial score (nSPS) is 11.1. The number of aromatic nitrogens is 1. The number of furan rings is 1. The minimum Gasteiger partial charge on any atom is -0.451 e. The molecule has 0 aliphatic rings. The molecule has 0 radical (unpaired) electrons. The Morgan fingerprint density at radius 2 is 1.93 bits per heavy atom. The van der Waals surface area contributed by atoms with Gasteiger partial charge in [-0.1, -0.05) is 54.5 Å². The van der Waals surface area contributed by atoms with Crippen LogP contribution in [0.3, 0.4) is 0 Å². The van der Waals surface area contributed by atoms with E-state index in [0.29, 0.717) is 16.8 Å². The molecule has 1 amide bonds. The molecule has 0 atom stereocenters. The van der Waals surface area contributed by atoms with Gasteiger partial charge in [0.1, 0.15) is 11.3 Å². The number of aryl methyl sites for hydroxylation is 1. The average Bonchev–Trinajstić information content (AvgIpc) is 3.33. The van der Waals surface area contributed by atoms with Crippen LogP contribution in [0.5, 0.6) is 0 Å². The number of ether oxygens (including phenoxy) is 1. The third-order valence-electron chi connectivity index (χ3n) is 4.60. The van der Waals surface area contributed by atoms with Crippen LogP contribution < -0.4 is 5.32 Å². The summed E-state index contributed by atoms with van der Waals surface area (Å²) in [7, 11) is 1.58. The highest BCUT2D eigenvalue weighted by molar-refractivity contribution is 6.06. The van der Waals surface area contributed by atoms with Crippen molar-refractivity contribution in [1.29, 1.82) is 0 Å². The van der Waals surface area contributed by atoms with Gasteiger partial charge in [0.05, 0.1) is 6.61 Å². The molecule has 0 unspecified atom stereocenters. The minimum atomic E-state index is -0.410. The Morgan fingerprint density at radius 1 is 1.14 bits per heavy atom. The number of benzene rings is 2. The fraction of sp³-hybridized carbons (Fsp3) is 0.182. The van der Waals surface area contributed by atoms with Crippen LogP contribution in [0.15, 0.2) is 63.5 Å². The largest absolute Gasteiger partial charge is 0.451 e. The number of anilines is 1. The van der Waals surface area contributed by atoms with Crippen LogP contribution in [0, 0.1) is 0 Å². The van der Waals surface area contributed by atoms with Gasteiger partial charge in [-0.15, -0.1) is 0 Å². The van der Waals surface area contributed by atoms with E-state index in [1.165, 1.54) is 5.56 Å². The molecular weight excluding hydrogens is 356 g/mol. The molecule has 142 valence electrons. The lowest BCUT2D eigenvalue weighted by molar-refractivity contribution is 0.0989. The Labute approximate surface area is 162 Å². The van der Waals surface area contributed by atoms with Crippen LogP contribution in [0.2, 0.25) is 0 Å². The monoisotopic (exact) mass is 376 g/mol. The predicted molar refractivity (Wildman–Crippen MR) is 106 cm³/mol. The van der Waals surface area contributed by atoms with Gasteiger partial charge in [-0.2, -0.15) is 0 Å². The molecule has 0 aliphatic heterocycles. The lowest BCUT2D eigenvalue weighted by Gasteiger charge is -2.01. The van der Waals surface area contributed by atoms with Gasteiger partial charge in [0.2, 0.25) is 5.88 Å². The lowest BCUT2D eigenvalue weighted by atomic mass is 10.1. The maximum atomic E-state index is 12.8. The van der Waals surface area contributed by atoms with Crippen LogP contribution in [0.1, 0.15) is 28.6 Å². The molecule has 0 spiro atoms. The zero-order valence-corrected chi connectivity index (χ0v) is 15.7. The summed E-state index contributed by atoms with van der Waals surface area (Å²) < 4.78 is 16.3. The molecule has 6 nitrogen and oxygen atoms in total. The number of hydrogen-bond acceptors (Lipinski definition) is 5. The van der Waals surface area contributed by atoms with E-state index in [9.17, 15) is 4.79 Å². The van der Waals surface area contributed by atoms with Crippen molar-refractivity contribution in [2.45, 2.75) is 20.0 Å². The molecule has 28 heavy (non-hydrogen) atoms. The molecule has 4 rings (SSSR count). The highest BCUT2D eigenvalue weighted by Crippen LogP contribution is 2.28. The first kappa shape index (κ1) is 18.0. The molecule has 1 N–H and O–H groups in total. The number of carbonyl (C=O) groups is 1. The fourth-order valence-corrected chi connectivity index (χ4v) is 3.12. The van der Waals surface area contributed by atoms with Gasteiger partial charge in [-0.25, -0.2) is 0 Å². The van der Waals surface area contributed by atoms with E-state index in [2.05, 4.69) is 17.4 Å². The quantitative estimate of drug-likeness (QED) is 0.509. The highest BCUT2D eigenvalue weighted by atomic mass is 16.5. The van der Waals surface area contributed by atoms with Gasteiger partial charge in [0.25, 0.3) is 5.91 Å². The van der Waals surface area contributed by atoms with Gasteiger partial charge in [0.15, 0.2) is 5.76 Å². The number of fused-ring (bicyclic) bond motifs is 1. The number of methoxy groups -OCH3 is 1. The highest BCUT2D eigenvalue weighted by Gasteiger charge is 2.21. The van der Waals surface area contributed by atoms with Crippen molar-refractivity contribution in [3.05, 3.63) is 71.5 Å². The zero-order chi connectivity index (χ0) is 19.5. The Bertz CT molecular complexity index is 1110. The summed E-state index contributed by atoms with van der Waals surface area (Å²) in [6.45, 7) is 2.37. The van der Waals surface area contributed by atoms with Crippen LogP contribution in [0.25, 0.3) is 22.2 Å². The SMILES string of the molecule is CCc1ccc(-c2cc(NC(=O)c3oc4ccccc4c3COC)on2)cc1. The Kier molecular flexibility index (Phi) is 4.95. The summed E-state index contributed by atoms with van der Waals surface area (Å²) in [6.07, 6.45) is 0.974. The summed E-state index contributed by atoms with van der Waals surface area (Å²) >= 11 is 0. The second-order valence-electron chi connectivity index (χ2n) is 6.42. The number of rotatable bonds is 6. The molecule has 0 aliphatic carbocycles. The van der Waals surface area contributed by atoms with Gasteiger partial charge < -0.3 is 13.7 Å². The van der Waals surface area contributed by atoms with E-state index >= 15 is 0 Å². The first-order chi connectivity index (χ1) is 13.7. The van der Waals surface area contributed by atoms with E-state index in [4.69, 9.17) is 13.7 Å². The van der Waals surface area contributed by atoms with Crippen molar-refractivity contribution >= 4 is 22.8 Å². The molecule has 4 aromatic rings. The zero-order valence-electron chi connectivity index (χ0n) is 15.7. The first-order valence-corrected chi connectivity index (χ1v) is 9.06. The Morgan fingerprint density at radius 3 is 2.68 bits per heavy atom. The second kappa shape index (κ2) is 7.70. The summed E-state index contributed by atoms with van der Waals surface area (Å²) in [4.78, 5) is 12.8. The smallest absolute Gasteiger partial charge is 0.294 e. The maximum absolute atomic E-state index is 12.8. The molecule has 2 heterocycles. The lowest BCUT2D eigenvalue weighted by Crippen LogP contribution is -2.12. The van der Waals surface area contributed by atoms with Crippen molar-refractivity contribution in [2.24, 2.45) is 0 Å². The maximum Gasteiger partial charge on any atom is 0.294 e. The summed E-state index contributed by atoms with van der Waals surface area (Å²) in [5.41, 5.74) is 4.15. The van der Waals surface area contributed by atoms with E-state index in [1.807, 2.05) is 48.5 Å². The number of amides is 1. The summed E-state index contributed by atoms with van der Waals surface area (Å²) in [6, 6.07) is 17.2. The Hall–Kier alpha value is -3.38. The third-order valence-corrected chi connectivity index (χ3v) is 4.60. The van der Waals surface area contributed by atoms with E-state index in [0.717, 1.165) is 17.4 Å². The van der Waals surface area contributed by atoms with Gasteiger partial charge in [-0.05, 0) is 18.1 Å². The molecule has 0 saturated heterocycles. The van der Waals surface area contributed by atoms with E-state index in [1.54, 1.807) is 13.2 Å². The van der Waals surface area contributed by atoms with Crippen molar-refractivity contribution in [3.63, 3.8) is 0 Å². The number of hydrogen-bond donors (Lipinski definition) is 1. The number of nitrogens with zero attached hydrogens (tertiary/aromatic N) is 1. The van der Waals surface area contributed by atoms with E-state index in [-0.39, 0.29) is 18.3 Å². The molecule has 0 bridgehead atoms. The topological polar surface area (TPSA) is 77.5 Å². The van der Waals surface area contributed by atoms with Crippen molar-refractivity contribution in [1.82, 2.24) is 5.16 Å². The number of carbonyl (C=O) groups excluding carboxylic acids is 1. The molecular formula is C22H20N2O4. The number of nitrogens with one attached hydrogen (secondary N) is 1. The average molecular weight is 376 g/mol. The summed E-state index contributed by atoms with van der Waals surface area (Å²) in [5, 5.41) is 7.61. The molecule has 2 aromatic carbocycles. The second-order valence-corrected chi connectivity index (χ2v) is 6.42. The van der Waals surface area contributed by atoms with Crippen LogP contribution in [0.4, 0.5) is 5.88 Å². The van der Waals surface area contributed by atoms with Crippen LogP contribution >= 0.6 is 0 Å². The predicted octanol–water partition coefficient (Wildman–Crippen LogP) is 5.05.